The van der Waals surface area contributed by atoms with E-state index in [1.165, 1.54) is 40.5 Å². The highest BCUT2D eigenvalue weighted by atomic mass is 35.5. The van der Waals surface area contributed by atoms with Gasteiger partial charge in [-0.15, -0.1) is 11.3 Å². The molecule has 150 valence electrons. The van der Waals surface area contributed by atoms with Gasteiger partial charge in [0.15, 0.2) is 11.5 Å². The van der Waals surface area contributed by atoms with E-state index in [1.807, 2.05) is 12.1 Å². The molecule has 0 saturated carbocycles. The van der Waals surface area contributed by atoms with E-state index in [0.29, 0.717) is 16.4 Å². The van der Waals surface area contributed by atoms with Gasteiger partial charge in [-0.1, -0.05) is 24.9 Å². The van der Waals surface area contributed by atoms with E-state index >= 15 is 0 Å². The molecule has 6 nitrogen and oxygen atoms in total. The van der Waals surface area contributed by atoms with Gasteiger partial charge in [-0.25, -0.2) is 0 Å². The van der Waals surface area contributed by atoms with E-state index in [0.717, 1.165) is 12.8 Å². The number of allylic oxidation sites excluding steroid dienone is 1. The zero-order valence-corrected chi connectivity index (χ0v) is 17.2. The van der Waals surface area contributed by atoms with Gasteiger partial charge >= 0.3 is 5.69 Å². The lowest BCUT2D eigenvalue weighted by molar-refractivity contribution is -0.385. The third kappa shape index (κ3) is 5.56. The smallest absolute Gasteiger partial charge is 0.312 e. The maximum Gasteiger partial charge on any atom is 0.312 e. The Morgan fingerprint density at radius 3 is 2.86 bits per heavy atom. The van der Waals surface area contributed by atoms with Crippen LogP contribution in [0.3, 0.4) is 0 Å². The molecule has 0 N–H and O–H groups in total. The van der Waals surface area contributed by atoms with Gasteiger partial charge in [0.25, 0.3) is 0 Å². The number of nitro groups is 1. The Balaban J connectivity index is 1.61. The predicted molar refractivity (Wildman–Crippen MR) is 113 cm³/mol. The molecule has 29 heavy (non-hydrogen) atoms. The molecule has 0 radical (unpaired) electrons. The topological polar surface area (TPSA) is 82.6 Å². The maximum absolute atomic E-state index is 12.3. The van der Waals surface area contributed by atoms with Crippen LogP contribution in [0.4, 0.5) is 5.69 Å². The van der Waals surface area contributed by atoms with E-state index in [2.05, 4.69) is 6.92 Å². The van der Waals surface area contributed by atoms with Gasteiger partial charge in [0.05, 0.1) is 9.80 Å². The zero-order chi connectivity index (χ0) is 20.8. The number of ketones is 1. The van der Waals surface area contributed by atoms with Gasteiger partial charge in [-0.2, -0.15) is 0 Å². The SMILES string of the molecule is CCCc1ccc(C(=O)/C=C/c2ccc(COc3ccc(Cl)cc3[N+](=O)[O-])o2)s1. The van der Waals surface area contributed by atoms with Gasteiger partial charge in [0, 0.05) is 16.0 Å². The number of aryl methyl sites for hydroxylation is 1. The molecular formula is C21H18ClNO5S. The lowest BCUT2D eigenvalue weighted by Crippen LogP contribution is -1.98. The van der Waals surface area contributed by atoms with Crippen molar-refractivity contribution in [3.05, 3.63) is 85.0 Å². The third-order valence-electron chi connectivity index (χ3n) is 3.97. The largest absolute Gasteiger partial charge is 0.479 e. The Hall–Kier alpha value is -2.90. The number of hydrogen-bond donors (Lipinski definition) is 0. The van der Waals surface area contributed by atoms with Crippen molar-refractivity contribution >= 4 is 40.5 Å². The van der Waals surface area contributed by atoms with E-state index in [9.17, 15) is 14.9 Å². The number of carbonyl (C=O) groups excluding carboxylic acids is 1. The number of hydrogen-bond acceptors (Lipinski definition) is 6. The van der Waals surface area contributed by atoms with Crippen molar-refractivity contribution < 1.29 is 18.9 Å². The fourth-order valence-electron chi connectivity index (χ4n) is 2.60. The summed E-state index contributed by atoms with van der Waals surface area (Å²) in [5, 5.41) is 11.4. The van der Waals surface area contributed by atoms with Crippen LogP contribution >= 0.6 is 22.9 Å². The average molecular weight is 432 g/mol. The van der Waals surface area contributed by atoms with Crippen LogP contribution in [-0.4, -0.2) is 10.7 Å². The number of rotatable bonds is 9. The predicted octanol–water partition coefficient (Wildman–Crippen LogP) is 6.33. The molecule has 2 heterocycles. The van der Waals surface area contributed by atoms with Gasteiger partial charge < -0.3 is 9.15 Å². The molecule has 0 bridgehead atoms. The molecule has 3 aromatic rings. The molecule has 0 atom stereocenters. The first-order valence-corrected chi connectivity index (χ1v) is 10.1. The normalized spacial score (nSPS) is 11.1. The molecule has 8 heteroatoms. The summed E-state index contributed by atoms with van der Waals surface area (Å²) in [5.74, 6) is 0.989. The highest BCUT2D eigenvalue weighted by Gasteiger charge is 2.16. The summed E-state index contributed by atoms with van der Waals surface area (Å²) in [5.41, 5.74) is -0.215. The Kier molecular flexibility index (Phi) is 6.85. The lowest BCUT2D eigenvalue weighted by atomic mass is 10.2. The fourth-order valence-corrected chi connectivity index (χ4v) is 3.79. The summed E-state index contributed by atoms with van der Waals surface area (Å²) < 4.78 is 11.1. The Bertz CT molecular complexity index is 1050. The first kappa shape index (κ1) is 20.8. The number of furan rings is 1. The molecule has 0 unspecified atom stereocenters. The number of nitrogens with zero attached hydrogens (tertiary/aromatic N) is 1. The van der Waals surface area contributed by atoms with Crippen LogP contribution in [0.15, 0.2) is 53.0 Å². The van der Waals surface area contributed by atoms with Crippen LogP contribution in [-0.2, 0) is 13.0 Å². The monoisotopic (exact) mass is 431 g/mol. The highest BCUT2D eigenvalue weighted by Crippen LogP contribution is 2.30. The molecule has 0 fully saturated rings. The first-order valence-electron chi connectivity index (χ1n) is 8.93. The minimum absolute atomic E-state index is 0.00949. The van der Waals surface area contributed by atoms with Crippen molar-refractivity contribution in [3.63, 3.8) is 0 Å². The minimum Gasteiger partial charge on any atom is -0.479 e. The molecule has 3 rings (SSSR count). The van der Waals surface area contributed by atoms with Crippen molar-refractivity contribution in [2.45, 2.75) is 26.4 Å². The van der Waals surface area contributed by atoms with Crippen molar-refractivity contribution in [1.29, 1.82) is 0 Å². The number of thiophene rings is 1. The van der Waals surface area contributed by atoms with Crippen LogP contribution in [0, 0.1) is 10.1 Å². The van der Waals surface area contributed by atoms with Gasteiger partial charge in [0.1, 0.15) is 18.1 Å². The molecule has 0 aliphatic rings. The van der Waals surface area contributed by atoms with E-state index < -0.39 is 4.92 Å². The van der Waals surface area contributed by atoms with Crippen LogP contribution in [0.5, 0.6) is 5.75 Å². The van der Waals surface area contributed by atoms with Gasteiger partial charge in [0.2, 0.25) is 0 Å². The number of carbonyl (C=O) groups is 1. The second kappa shape index (κ2) is 9.54. The summed E-state index contributed by atoms with van der Waals surface area (Å²) in [6.07, 6.45) is 5.07. The van der Waals surface area contributed by atoms with Crippen molar-refractivity contribution in [3.8, 4) is 5.75 Å². The standard InChI is InChI=1S/C21H18ClNO5S/c1-2-3-17-8-11-21(29-17)19(24)9-7-15-5-6-16(28-15)13-27-20-10-4-14(22)12-18(20)23(25)26/h4-12H,2-3,13H2,1H3/b9-7+. The van der Waals surface area contributed by atoms with E-state index in [1.54, 1.807) is 18.2 Å². The molecule has 2 aromatic heterocycles. The second-order valence-corrected chi connectivity index (χ2v) is 7.78. The third-order valence-corrected chi connectivity index (χ3v) is 5.36. The second-order valence-electron chi connectivity index (χ2n) is 6.18. The van der Waals surface area contributed by atoms with Crippen molar-refractivity contribution in [2.75, 3.05) is 0 Å². The summed E-state index contributed by atoms with van der Waals surface area (Å²) in [4.78, 5) is 24.7. The molecule has 0 aliphatic carbocycles. The Labute approximate surface area is 176 Å². The Morgan fingerprint density at radius 2 is 2.10 bits per heavy atom. The Morgan fingerprint density at radius 1 is 1.28 bits per heavy atom. The summed E-state index contributed by atoms with van der Waals surface area (Å²) in [6.45, 7) is 2.11. The van der Waals surface area contributed by atoms with Crippen LogP contribution in [0.2, 0.25) is 5.02 Å². The first-order chi connectivity index (χ1) is 14.0. The molecule has 0 spiro atoms. The molecule has 1 aromatic carbocycles. The molecule has 0 saturated heterocycles. The van der Waals surface area contributed by atoms with Gasteiger partial charge in [-0.3, -0.25) is 14.9 Å². The average Bonchev–Trinajstić information content (AvgIpc) is 3.35. The number of nitro benzene ring substituents is 1. The molecule has 0 amide bonds. The number of benzene rings is 1. The summed E-state index contributed by atoms with van der Waals surface area (Å²) in [7, 11) is 0. The lowest BCUT2D eigenvalue weighted by Gasteiger charge is -2.05. The minimum atomic E-state index is -0.556. The van der Waals surface area contributed by atoms with Crippen LogP contribution in [0.25, 0.3) is 6.08 Å². The van der Waals surface area contributed by atoms with E-state index in [-0.39, 0.29) is 28.8 Å². The van der Waals surface area contributed by atoms with Crippen molar-refractivity contribution in [1.82, 2.24) is 0 Å². The molecular weight excluding hydrogens is 414 g/mol. The molecule has 0 aliphatic heterocycles. The maximum atomic E-state index is 12.3. The van der Waals surface area contributed by atoms with Crippen LogP contribution in [0.1, 0.15) is 39.4 Å². The number of ether oxygens (including phenoxy) is 1. The number of halogens is 1. The fraction of sp³-hybridized carbons (Fsp3) is 0.190. The van der Waals surface area contributed by atoms with Crippen LogP contribution < -0.4 is 4.74 Å². The van der Waals surface area contributed by atoms with E-state index in [4.69, 9.17) is 20.8 Å². The summed E-state index contributed by atoms with van der Waals surface area (Å²) in [6, 6.07) is 11.4. The van der Waals surface area contributed by atoms with Gasteiger partial charge in [-0.05, 0) is 55.0 Å². The zero-order valence-electron chi connectivity index (χ0n) is 15.6. The highest BCUT2D eigenvalue weighted by molar-refractivity contribution is 7.14. The quantitative estimate of drug-likeness (QED) is 0.171. The van der Waals surface area contributed by atoms with Crippen molar-refractivity contribution in [2.24, 2.45) is 0 Å². The summed E-state index contributed by atoms with van der Waals surface area (Å²) >= 11 is 7.29.